The summed E-state index contributed by atoms with van der Waals surface area (Å²) in [5.41, 5.74) is 4.66. The molecule has 0 unspecified atom stereocenters. The van der Waals surface area contributed by atoms with Crippen molar-refractivity contribution in [1.82, 2.24) is 34.7 Å². The highest BCUT2D eigenvalue weighted by Crippen LogP contribution is 2.40. The summed E-state index contributed by atoms with van der Waals surface area (Å²) in [7, 11) is 3.87. The number of H-pyrrole nitrogens is 1. The van der Waals surface area contributed by atoms with Crippen molar-refractivity contribution in [3.63, 3.8) is 0 Å². The van der Waals surface area contributed by atoms with Crippen LogP contribution < -0.4 is 9.64 Å². The van der Waals surface area contributed by atoms with E-state index in [1.165, 1.54) is 24.2 Å². The Morgan fingerprint density at radius 2 is 2.06 bits per heavy atom. The molecule has 1 fully saturated rings. The summed E-state index contributed by atoms with van der Waals surface area (Å²) in [6.45, 7) is 9.84. The minimum atomic E-state index is 0.258. The van der Waals surface area contributed by atoms with Crippen LogP contribution >= 0.6 is 11.3 Å². The first kappa shape index (κ1) is 22.8. The number of piperidine rings is 1. The van der Waals surface area contributed by atoms with E-state index in [1.807, 2.05) is 18.5 Å². The molecule has 1 N–H and O–H groups in total. The Labute approximate surface area is 203 Å². The Hall–Kier alpha value is -2.98. The van der Waals surface area contributed by atoms with Crippen molar-refractivity contribution in [3.8, 4) is 27.7 Å². The van der Waals surface area contributed by atoms with Gasteiger partial charge in [0.1, 0.15) is 22.0 Å². The normalized spacial score (nSPS) is 15.2. The standard InChI is InChI=1S/C24H32N8OS/c1-6-30(4)17-7-9-31(10-8-17)19-12-25-24(34-19)22-20(15(2)3)21(28-29-22)16-11-18(33-5)23-26-14-27-32(23)13-16/h11-15,17H,6-10H2,1-5H3,(H,28,29). The summed E-state index contributed by atoms with van der Waals surface area (Å²) in [6, 6.07) is 2.66. The number of ether oxygens (including phenoxy) is 1. The van der Waals surface area contributed by atoms with Gasteiger partial charge in [0.2, 0.25) is 0 Å². The molecule has 10 heteroatoms. The third-order valence-electron chi connectivity index (χ3n) is 6.83. The van der Waals surface area contributed by atoms with Gasteiger partial charge < -0.3 is 14.5 Å². The lowest BCUT2D eigenvalue weighted by atomic mass is 9.97. The number of hydrogen-bond donors (Lipinski definition) is 1. The second kappa shape index (κ2) is 9.34. The van der Waals surface area contributed by atoms with E-state index in [-0.39, 0.29) is 5.92 Å². The highest BCUT2D eigenvalue weighted by molar-refractivity contribution is 7.18. The molecule has 5 heterocycles. The topological polar surface area (TPSA) is 87.5 Å². The number of pyridine rings is 1. The van der Waals surface area contributed by atoms with Crippen molar-refractivity contribution in [3.05, 3.63) is 30.4 Å². The first-order valence-corrected chi connectivity index (χ1v) is 12.7. The van der Waals surface area contributed by atoms with Crippen LogP contribution in [0.15, 0.2) is 24.8 Å². The van der Waals surface area contributed by atoms with Gasteiger partial charge in [0, 0.05) is 36.5 Å². The number of fused-ring (bicyclic) bond motifs is 1. The van der Waals surface area contributed by atoms with Gasteiger partial charge in [-0.15, -0.1) is 0 Å². The van der Waals surface area contributed by atoms with E-state index in [4.69, 9.17) is 14.8 Å². The van der Waals surface area contributed by atoms with Gasteiger partial charge in [-0.05, 0) is 38.4 Å². The van der Waals surface area contributed by atoms with Gasteiger partial charge in [0.25, 0.3) is 0 Å². The molecular weight excluding hydrogens is 448 g/mol. The van der Waals surface area contributed by atoms with Crippen LogP contribution in [-0.4, -0.2) is 74.5 Å². The largest absolute Gasteiger partial charge is 0.493 e. The fourth-order valence-electron chi connectivity index (χ4n) is 4.79. The Morgan fingerprint density at radius 3 is 2.76 bits per heavy atom. The predicted molar refractivity (Wildman–Crippen MR) is 136 cm³/mol. The number of methoxy groups -OCH3 is 1. The molecule has 0 atom stereocenters. The zero-order valence-electron chi connectivity index (χ0n) is 20.4. The summed E-state index contributed by atoms with van der Waals surface area (Å²) in [5, 5.41) is 14.5. The van der Waals surface area contributed by atoms with Crippen molar-refractivity contribution < 1.29 is 4.74 Å². The van der Waals surface area contributed by atoms with E-state index in [9.17, 15) is 0 Å². The number of aromatic amines is 1. The van der Waals surface area contributed by atoms with Crippen LogP contribution in [-0.2, 0) is 0 Å². The second-order valence-electron chi connectivity index (χ2n) is 9.14. The molecule has 180 valence electrons. The molecule has 34 heavy (non-hydrogen) atoms. The Kier molecular flexibility index (Phi) is 6.26. The first-order chi connectivity index (χ1) is 16.5. The van der Waals surface area contributed by atoms with Gasteiger partial charge in [-0.1, -0.05) is 32.1 Å². The predicted octanol–water partition coefficient (Wildman–Crippen LogP) is 4.30. The lowest BCUT2D eigenvalue weighted by Gasteiger charge is -2.36. The van der Waals surface area contributed by atoms with Gasteiger partial charge in [-0.25, -0.2) is 14.5 Å². The summed E-state index contributed by atoms with van der Waals surface area (Å²) in [4.78, 5) is 14.0. The van der Waals surface area contributed by atoms with Crippen LogP contribution in [0.4, 0.5) is 5.00 Å². The third-order valence-corrected chi connectivity index (χ3v) is 7.89. The first-order valence-electron chi connectivity index (χ1n) is 11.9. The minimum Gasteiger partial charge on any atom is -0.493 e. The monoisotopic (exact) mass is 480 g/mol. The quantitative estimate of drug-likeness (QED) is 0.422. The van der Waals surface area contributed by atoms with Crippen LogP contribution in [0.3, 0.4) is 0 Å². The van der Waals surface area contributed by atoms with E-state index in [0.717, 1.165) is 47.2 Å². The van der Waals surface area contributed by atoms with E-state index in [0.29, 0.717) is 17.4 Å². The van der Waals surface area contributed by atoms with E-state index in [2.05, 4.69) is 52.8 Å². The maximum Gasteiger partial charge on any atom is 0.197 e. The molecule has 0 aliphatic carbocycles. The van der Waals surface area contributed by atoms with Crippen molar-refractivity contribution >= 4 is 22.0 Å². The van der Waals surface area contributed by atoms with Crippen LogP contribution in [0, 0.1) is 0 Å². The Balaban J connectivity index is 1.45. The average molecular weight is 481 g/mol. The van der Waals surface area contributed by atoms with Gasteiger partial charge in [-0.2, -0.15) is 10.2 Å². The number of hydrogen-bond acceptors (Lipinski definition) is 8. The fraction of sp³-hybridized carbons (Fsp3) is 0.500. The maximum absolute atomic E-state index is 5.56. The number of aromatic nitrogens is 6. The molecule has 5 rings (SSSR count). The zero-order valence-corrected chi connectivity index (χ0v) is 21.3. The van der Waals surface area contributed by atoms with E-state index in [1.54, 1.807) is 23.0 Å². The van der Waals surface area contributed by atoms with Crippen LogP contribution in [0.5, 0.6) is 5.75 Å². The molecule has 0 saturated carbocycles. The van der Waals surface area contributed by atoms with Crippen LogP contribution in [0.1, 0.15) is 45.1 Å². The maximum atomic E-state index is 5.56. The van der Waals surface area contributed by atoms with E-state index < -0.39 is 0 Å². The minimum absolute atomic E-state index is 0.258. The molecule has 1 aliphatic rings. The molecule has 1 saturated heterocycles. The summed E-state index contributed by atoms with van der Waals surface area (Å²) in [6.07, 6.45) is 7.87. The van der Waals surface area contributed by atoms with Gasteiger partial charge in [-0.3, -0.25) is 5.10 Å². The van der Waals surface area contributed by atoms with Crippen molar-refractivity contribution in [2.24, 2.45) is 0 Å². The summed E-state index contributed by atoms with van der Waals surface area (Å²) < 4.78 is 7.30. The van der Waals surface area contributed by atoms with Crippen LogP contribution in [0.2, 0.25) is 0 Å². The van der Waals surface area contributed by atoms with Crippen molar-refractivity contribution in [2.75, 3.05) is 38.7 Å². The van der Waals surface area contributed by atoms with Crippen molar-refractivity contribution in [2.45, 2.75) is 45.6 Å². The molecule has 4 aromatic rings. The SMILES string of the molecule is CCN(C)C1CCN(c2cnc(-c3n[nH]c(-c4cc(OC)c5ncnn5c4)c3C(C)C)s2)CC1. The summed E-state index contributed by atoms with van der Waals surface area (Å²) >= 11 is 1.73. The lowest BCUT2D eigenvalue weighted by Crippen LogP contribution is -2.43. The molecule has 1 aliphatic heterocycles. The average Bonchev–Trinajstić information content (AvgIpc) is 3.61. The number of anilines is 1. The van der Waals surface area contributed by atoms with Crippen LogP contribution in [0.25, 0.3) is 27.6 Å². The second-order valence-corrected chi connectivity index (χ2v) is 10.1. The molecule has 0 bridgehead atoms. The highest BCUT2D eigenvalue weighted by atomic mass is 32.1. The molecule has 9 nitrogen and oxygen atoms in total. The van der Waals surface area contributed by atoms with Crippen molar-refractivity contribution in [1.29, 1.82) is 0 Å². The van der Waals surface area contributed by atoms with Gasteiger partial charge in [0.05, 0.1) is 19.0 Å². The molecule has 0 spiro atoms. The van der Waals surface area contributed by atoms with Gasteiger partial charge in [0.15, 0.2) is 11.4 Å². The number of nitrogens with one attached hydrogen (secondary N) is 1. The number of thiazole rings is 1. The molecular formula is C24H32N8OS. The molecule has 0 amide bonds. The highest BCUT2D eigenvalue weighted by Gasteiger charge is 2.26. The molecule has 0 aromatic carbocycles. The molecule has 4 aromatic heterocycles. The fourth-order valence-corrected chi connectivity index (χ4v) is 5.76. The number of rotatable bonds is 7. The zero-order chi connectivity index (χ0) is 23.8. The smallest absolute Gasteiger partial charge is 0.197 e. The van der Waals surface area contributed by atoms with Gasteiger partial charge >= 0.3 is 0 Å². The lowest BCUT2D eigenvalue weighted by molar-refractivity contribution is 0.218. The van der Waals surface area contributed by atoms with E-state index >= 15 is 0 Å². The Morgan fingerprint density at radius 1 is 1.26 bits per heavy atom. The Bertz CT molecular complexity index is 1270. The number of nitrogens with zero attached hydrogens (tertiary/aromatic N) is 7. The third kappa shape index (κ3) is 4.05. The molecule has 0 radical (unpaired) electrons. The summed E-state index contributed by atoms with van der Waals surface area (Å²) in [5.74, 6) is 0.934.